The Labute approximate surface area is 191 Å². The fraction of sp³-hybridized carbons (Fsp3) is 0.636. The van der Waals surface area contributed by atoms with Crippen molar-refractivity contribution in [3.8, 4) is 0 Å². The van der Waals surface area contributed by atoms with Gasteiger partial charge in [-0.15, -0.1) is 0 Å². The molecule has 0 radical (unpaired) electrons. The van der Waals surface area contributed by atoms with Crippen molar-refractivity contribution in [1.29, 1.82) is 0 Å². The van der Waals surface area contributed by atoms with Gasteiger partial charge in [0.2, 0.25) is 11.3 Å². The summed E-state index contributed by atoms with van der Waals surface area (Å²) in [5.41, 5.74) is 1.51. The zero-order chi connectivity index (χ0) is 23.1. The van der Waals surface area contributed by atoms with Crippen molar-refractivity contribution < 1.29 is 32.6 Å². The Morgan fingerprint density at radius 1 is 1.34 bits per heavy atom. The predicted octanol–water partition coefficient (Wildman–Crippen LogP) is 2.38. The van der Waals surface area contributed by atoms with Gasteiger partial charge in [0.05, 0.1) is 19.1 Å². The molecule has 2 N–H and O–H groups in total. The van der Waals surface area contributed by atoms with E-state index in [0.29, 0.717) is 44.7 Å². The molecule has 32 heavy (non-hydrogen) atoms. The minimum Gasteiger partial charge on any atom is -0.443 e. The van der Waals surface area contributed by atoms with Crippen LogP contribution in [0.1, 0.15) is 42.6 Å². The van der Waals surface area contributed by atoms with E-state index in [-0.39, 0.29) is 30.3 Å². The van der Waals surface area contributed by atoms with Crippen molar-refractivity contribution in [2.75, 3.05) is 26.3 Å². The van der Waals surface area contributed by atoms with Crippen LogP contribution < -0.4 is 5.32 Å². The first-order valence-corrected chi connectivity index (χ1v) is 12.0. The second-order valence-electron chi connectivity index (χ2n) is 8.67. The maximum atomic E-state index is 12.6. The molecule has 2 aliphatic rings. The summed E-state index contributed by atoms with van der Waals surface area (Å²) in [6, 6.07) is 6.81. The van der Waals surface area contributed by atoms with Gasteiger partial charge in [-0.3, -0.25) is 9.35 Å². The molecule has 1 aromatic carbocycles. The SMILES string of the molecule is CC(C)CN(CCC(Cc1ccc(C=O)cc1)NC(=O)OC1COC2OCCC12)S(=O)O. The minimum atomic E-state index is -2.09. The summed E-state index contributed by atoms with van der Waals surface area (Å²) < 4.78 is 39.4. The molecule has 0 bridgehead atoms. The van der Waals surface area contributed by atoms with Gasteiger partial charge in [0.25, 0.3) is 0 Å². The first kappa shape index (κ1) is 24.8. The van der Waals surface area contributed by atoms with Crippen molar-refractivity contribution in [3.63, 3.8) is 0 Å². The molecule has 0 aliphatic carbocycles. The van der Waals surface area contributed by atoms with Crippen LogP contribution in [-0.4, -0.2) is 70.2 Å². The summed E-state index contributed by atoms with van der Waals surface area (Å²) in [6.45, 7) is 5.67. The smallest absolute Gasteiger partial charge is 0.407 e. The highest BCUT2D eigenvalue weighted by atomic mass is 32.2. The van der Waals surface area contributed by atoms with Crippen LogP contribution in [0.25, 0.3) is 0 Å². The van der Waals surface area contributed by atoms with Crippen molar-refractivity contribution >= 4 is 23.6 Å². The third-order valence-corrected chi connectivity index (χ3v) is 6.45. The summed E-state index contributed by atoms with van der Waals surface area (Å²) >= 11 is -2.09. The van der Waals surface area contributed by atoms with Gasteiger partial charge in [-0.25, -0.2) is 13.3 Å². The molecule has 0 spiro atoms. The van der Waals surface area contributed by atoms with Gasteiger partial charge < -0.3 is 19.5 Å². The third-order valence-electron chi connectivity index (χ3n) is 5.68. The Hall–Kier alpha value is -1.85. The highest BCUT2D eigenvalue weighted by Gasteiger charge is 2.44. The lowest BCUT2D eigenvalue weighted by Gasteiger charge is -2.25. The average molecular weight is 469 g/mol. The Morgan fingerprint density at radius 2 is 2.09 bits per heavy atom. The lowest BCUT2D eigenvalue weighted by molar-refractivity contribution is -0.0907. The minimum absolute atomic E-state index is 0.0495. The van der Waals surface area contributed by atoms with Gasteiger partial charge in [-0.05, 0) is 30.7 Å². The normalized spacial score (nSPS) is 24.3. The molecule has 3 rings (SSSR count). The zero-order valence-electron chi connectivity index (χ0n) is 18.5. The Bertz CT molecular complexity index is 789. The second kappa shape index (κ2) is 11.9. The van der Waals surface area contributed by atoms with E-state index in [2.05, 4.69) is 5.32 Å². The summed E-state index contributed by atoms with van der Waals surface area (Å²) in [7, 11) is 0. The van der Waals surface area contributed by atoms with E-state index in [1.54, 1.807) is 12.1 Å². The molecule has 178 valence electrons. The van der Waals surface area contributed by atoms with Crippen LogP contribution in [0.4, 0.5) is 4.79 Å². The van der Waals surface area contributed by atoms with Crippen LogP contribution in [0.15, 0.2) is 24.3 Å². The first-order chi connectivity index (χ1) is 15.4. The third kappa shape index (κ3) is 7.08. The van der Waals surface area contributed by atoms with Gasteiger partial charge in [-0.1, -0.05) is 38.1 Å². The van der Waals surface area contributed by atoms with E-state index in [9.17, 15) is 18.4 Å². The van der Waals surface area contributed by atoms with E-state index in [1.165, 1.54) is 4.31 Å². The molecule has 2 aliphatic heterocycles. The number of amides is 1. The van der Waals surface area contributed by atoms with Gasteiger partial charge in [0.1, 0.15) is 12.4 Å². The molecular formula is C22H32N2O7S. The molecule has 2 heterocycles. The number of alkyl carbamates (subject to hydrolysis) is 1. The molecule has 1 amide bonds. The number of benzene rings is 1. The van der Waals surface area contributed by atoms with Crippen LogP contribution in [0, 0.1) is 11.8 Å². The lowest BCUT2D eigenvalue weighted by atomic mass is 10.0. The van der Waals surface area contributed by atoms with Crippen molar-refractivity contribution in [2.24, 2.45) is 11.8 Å². The zero-order valence-corrected chi connectivity index (χ0v) is 19.3. The molecular weight excluding hydrogens is 436 g/mol. The number of carbonyl (C=O) groups is 2. The van der Waals surface area contributed by atoms with Crippen molar-refractivity contribution in [2.45, 2.75) is 51.5 Å². The van der Waals surface area contributed by atoms with Crippen molar-refractivity contribution in [3.05, 3.63) is 35.4 Å². The van der Waals surface area contributed by atoms with E-state index < -0.39 is 17.4 Å². The first-order valence-electron chi connectivity index (χ1n) is 11.0. The quantitative estimate of drug-likeness (QED) is 0.379. The molecule has 0 aromatic heterocycles. The highest BCUT2D eigenvalue weighted by molar-refractivity contribution is 7.76. The Balaban J connectivity index is 1.62. The number of aldehydes is 1. The maximum Gasteiger partial charge on any atom is 0.407 e. The number of nitrogens with zero attached hydrogens (tertiary/aromatic N) is 1. The largest absolute Gasteiger partial charge is 0.443 e. The molecule has 1 aromatic rings. The monoisotopic (exact) mass is 468 g/mol. The number of hydrogen-bond donors (Lipinski definition) is 2. The predicted molar refractivity (Wildman–Crippen MR) is 118 cm³/mol. The van der Waals surface area contributed by atoms with Gasteiger partial charge >= 0.3 is 6.09 Å². The van der Waals surface area contributed by atoms with Crippen LogP contribution >= 0.6 is 0 Å². The highest BCUT2D eigenvalue weighted by Crippen LogP contribution is 2.33. The summed E-state index contributed by atoms with van der Waals surface area (Å²) in [5.74, 6) is 0.274. The van der Waals surface area contributed by atoms with Gasteiger partial charge in [-0.2, -0.15) is 0 Å². The summed E-state index contributed by atoms with van der Waals surface area (Å²) in [4.78, 5) is 23.6. The number of carbonyl (C=O) groups excluding carboxylic acids is 2. The molecule has 10 heteroatoms. The van der Waals surface area contributed by atoms with Crippen LogP contribution in [0.2, 0.25) is 0 Å². The number of fused-ring (bicyclic) bond motifs is 1. The van der Waals surface area contributed by atoms with Gasteiger partial charge in [0.15, 0.2) is 6.29 Å². The number of hydrogen-bond acceptors (Lipinski definition) is 6. The van der Waals surface area contributed by atoms with Crippen molar-refractivity contribution in [1.82, 2.24) is 9.62 Å². The van der Waals surface area contributed by atoms with Gasteiger partial charge in [0, 0.05) is 24.7 Å². The molecule has 2 saturated heterocycles. The fourth-order valence-electron chi connectivity index (χ4n) is 4.07. The Kier molecular flexibility index (Phi) is 9.18. The molecule has 9 nitrogen and oxygen atoms in total. The molecule has 5 unspecified atom stereocenters. The summed E-state index contributed by atoms with van der Waals surface area (Å²) in [6.07, 6.45) is 1.34. The topological polar surface area (TPSA) is 114 Å². The Morgan fingerprint density at radius 3 is 2.75 bits per heavy atom. The standard InChI is InChI=1S/C22H32N2O7S/c1-15(2)12-24(32(27)28)9-7-18(11-16-3-5-17(13-25)6-4-16)23-22(26)31-20-14-30-21-19(20)8-10-29-21/h3-6,13,15,18-21H,7-12,14H2,1-2H3,(H,23,26)(H,27,28). The van der Waals surface area contributed by atoms with E-state index in [0.717, 1.165) is 18.3 Å². The summed E-state index contributed by atoms with van der Waals surface area (Å²) in [5, 5.41) is 2.91. The maximum absolute atomic E-state index is 12.6. The molecule has 5 atom stereocenters. The fourth-order valence-corrected chi connectivity index (χ4v) is 4.76. The van der Waals surface area contributed by atoms with Crippen LogP contribution in [0.5, 0.6) is 0 Å². The molecule has 2 fully saturated rings. The van der Waals surface area contributed by atoms with E-state index >= 15 is 0 Å². The van der Waals surface area contributed by atoms with Crippen LogP contribution in [-0.2, 0) is 31.9 Å². The lowest BCUT2D eigenvalue weighted by Crippen LogP contribution is -2.42. The second-order valence-corrected chi connectivity index (χ2v) is 9.65. The van der Waals surface area contributed by atoms with E-state index in [4.69, 9.17) is 14.2 Å². The number of ether oxygens (including phenoxy) is 3. The van der Waals surface area contributed by atoms with E-state index in [1.807, 2.05) is 26.0 Å². The van der Waals surface area contributed by atoms with Crippen LogP contribution in [0.3, 0.4) is 0 Å². The number of rotatable bonds is 11. The molecule has 0 saturated carbocycles. The number of nitrogens with one attached hydrogen (secondary N) is 1. The average Bonchev–Trinajstić information content (AvgIpc) is 3.36.